The van der Waals surface area contributed by atoms with Crippen LogP contribution in [0.5, 0.6) is 0 Å². The average Bonchev–Trinajstić information content (AvgIpc) is 3.16. The molecule has 0 spiro atoms. The Balaban J connectivity index is 1.92. The van der Waals surface area contributed by atoms with Crippen LogP contribution < -0.4 is 0 Å². The summed E-state index contributed by atoms with van der Waals surface area (Å²) in [7, 11) is 0. The lowest BCUT2D eigenvalue weighted by Gasteiger charge is -2.24. The van der Waals surface area contributed by atoms with E-state index in [4.69, 9.17) is 0 Å². The van der Waals surface area contributed by atoms with Crippen LogP contribution in [-0.2, 0) is 9.59 Å². The number of carbonyl (C=O) groups excluding carboxylic acids is 2. The average molecular weight is 569 g/mol. The van der Waals surface area contributed by atoms with Crippen LogP contribution in [0.3, 0.4) is 0 Å². The molecule has 0 fully saturated rings. The van der Waals surface area contributed by atoms with Crippen molar-refractivity contribution >= 4 is 11.6 Å². The number of Topliss-reactive ketones (excluding diaryl/α,β-unsaturated/α-hetero) is 2. The van der Waals surface area contributed by atoms with E-state index in [2.05, 4.69) is 0 Å². The van der Waals surface area contributed by atoms with Gasteiger partial charge in [-0.25, -0.2) is 0 Å². The van der Waals surface area contributed by atoms with Gasteiger partial charge in [0.15, 0.2) is 11.6 Å². The van der Waals surface area contributed by atoms with Gasteiger partial charge in [0.2, 0.25) is 0 Å². The Kier molecular flexibility index (Phi) is 12.0. The fraction of sp³-hybridized carbons (Fsp3) is 0.368. The highest BCUT2D eigenvalue weighted by atomic mass is 16.3. The van der Waals surface area contributed by atoms with Crippen LogP contribution in [0.15, 0.2) is 130 Å². The highest BCUT2D eigenvalue weighted by Crippen LogP contribution is 2.42. The van der Waals surface area contributed by atoms with Crippen molar-refractivity contribution in [3.05, 3.63) is 130 Å². The molecule has 0 aromatic carbocycles. The van der Waals surface area contributed by atoms with E-state index in [-0.39, 0.29) is 11.6 Å². The first kappa shape index (κ1) is 34.6. The summed E-state index contributed by atoms with van der Waals surface area (Å²) < 4.78 is 0. The molecule has 0 bridgehead atoms. The van der Waals surface area contributed by atoms with Gasteiger partial charge in [-0.15, -0.1) is 0 Å². The number of allylic oxidation sites excluding steroid dienone is 18. The van der Waals surface area contributed by atoms with Crippen molar-refractivity contribution in [3.63, 3.8) is 0 Å². The molecule has 4 heteroatoms. The highest BCUT2D eigenvalue weighted by molar-refractivity contribution is 6.04. The van der Waals surface area contributed by atoms with Gasteiger partial charge in [-0.2, -0.15) is 0 Å². The lowest BCUT2D eigenvalue weighted by molar-refractivity contribution is -0.126. The first-order valence-corrected chi connectivity index (χ1v) is 14.5. The minimum Gasteiger partial charge on any atom is -0.384 e. The Hall–Kier alpha value is -3.60. The molecule has 0 aromatic rings. The first-order valence-electron chi connectivity index (χ1n) is 14.5. The molecule has 0 aliphatic heterocycles. The molecule has 2 aliphatic carbocycles. The van der Waals surface area contributed by atoms with E-state index in [1.807, 2.05) is 140 Å². The molecule has 0 heterocycles. The molecule has 2 aliphatic rings. The lowest BCUT2D eigenvalue weighted by Crippen LogP contribution is -2.30. The fourth-order valence-electron chi connectivity index (χ4n) is 5.04. The third-order valence-corrected chi connectivity index (χ3v) is 8.09. The Morgan fingerprint density at radius 3 is 1.12 bits per heavy atom. The van der Waals surface area contributed by atoms with Gasteiger partial charge in [0.05, 0.1) is 0 Å². The number of rotatable bonds is 10. The van der Waals surface area contributed by atoms with E-state index in [0.29, 0.717) is 11.1 Å². The zero-order valence-electron chi connectivity index (χ0n) is 26.9. The van der Waals surface area contributed by atoms with E-state index in [1.54, 1.807) is 13.8 Å². The van der Waals surface area contributed by atoms with Gasteiger partial charge < -0.3 is 10.2 Å². The molecule has 224 valence electrons. The summed E-state index contributed by atoms with van der Waals surface area (Å²) in [4.78, 5) is 24.3. The normalized spacial score (nSPS) is 24.6. The topological polar surface area (TPSA) is 74.6 Å². The van der Waals surface area contributed by atoms with Crippen molar-refractivity contribution in [2.24, 2.45) is 10.8 Å². The molecule has 2 N–H and O–H groups in total. The van der Waals surface area contributed by atoms with Gasteiger partial charge in [-0.05, 0) is 63.8 Å². The van der Waals surface area contributed by atoms with Gasteiger partial charge in [0, 0.05) is 10.8 Å². The largest absolute Gasteiger partial charge is 0.384 e. The molecule has 0 unspecified atom stereocenters. The van der Waals surface area contributed by atoms with Crippen molar-refractivity contribution < 1.29 is 19.8 Å². The molecular formula is C38H48O4. The van der Waals surface area contributed by atoms with Gasteiger partial charge in [-0.3, -0.25) is 9.59 Å². The predicted octanol–water partition coefficient (Wildman–Crippen LogP) is 8.13. The van der Waals surface area contributed by atoms with Crippen molar-refractivity contribution in [2.75, 3.05) is 0 Å². The van der Waals surface area contributed by atoms with Crippen LogP contribution in [0.4, 0.5) is 0 Å². The minimum atomic E-state index is -0.978. The maximum absolute atomic E-state index is 12.1. The maximum atomic E-state index is 12.1. The van der Waals surface area contributed by atoms with E-state index < -0.39 is 23.0 Å². The molecule has 0 amide bonds. The van der Waals surface area contributed by atoms with Crippen LogP contribution in [0.25, 0.3) is 0 Å². The number of aliphatic hydroxyl groups is 2. The zero-order valence-corrected chi connectivity index (χ0v) is 26.9. The second kappa shape index (κ2) is 14.5. The second-order valence-electron chi connectivity index (χ2n) is 12.5. The Morgan fingerprint density at radius 2 is 0.833 bits per heavy atom. The lowest BCUT2D eigenvalue weighted by atomic mass is 9.83. The van der Waals surface area contributed by atoms with Gasteiger partial charge >= 0.3 is 0 Å². The van der Waals surface area contributed by atoms with Crippen molar-refractivity contribution in [3.8, 4) is 0 Å². The predicted molar refractivity (Wildman–Crippen MR) is 176 cm³/mol. The number of hydrogen-bond acceptors (Lipinski definition) is 4. The minimum absolute atomic E-state index is 0.189. The Bertz CT molecular complexity index is 1310. The molecule has 2 atom stereocenters. The van der Waals surface area contributed by atoms with Crippen molar-refractivity contribution in [2.45, 2.75) is 81.4 Å². The molecule has 0 saturated heterocycles. The summed E-state index contributed by atoms with van der Waals surface area (Å²) in [6.07, 6.45) is 26.1. The fourth-order valence-corrected chi connectivity index (χ4v) is 5.04. The summed E-state index contributed by atoms with van der Waals surface area (Å²) in [5.41, 5.74) is 6.21. The molecule has 4 nitrogen and oxygen atoms in total. The van der Waals surface area contributed by atoms with Gasteiger partial charge in [0.25, 0.3) is 0 Å². The van der Waals surface area contributed by atoms with Crippen LogP contribution in [0.2, 0.25) is 0 Å². The van der Waals surface area contributed by atoms with Crippen LogP contribution >= 0.6 is 0 Å². The van der Waals surface area contributed by atoms with E-state index in [9.17, 15) is 19.8 Å². The molecule has 0 aromatic heterocycles. The number of aliphatic hydroxyl groups excluding tert-OH is 2. The molecular weight excluding hydrogens is 520 g/mol. The summed E-state index contributed by atoms with van der Waals surface area (Å²) in [6, 6.07) is 0. The van der Waals surface area contributed by atoms with Gasteiger partial charge in [-0.1, -0.05) is 135 Å². The number of carbonyl (C=O) groups is 2. The van der Waals surface area contributed by atoms with E-state index >= 15 is 0 Å². The van der Waals surface area contributed by atoms with E-state index in [0.717, 1.165) is 33.4 Å². The van der Waals surface area contributed by atoms with E-state index in [1.165, 1.54) is 0 Å². The number of ketones is 2. The first-order chi connectivity index (χ1) is 19.5. The maximum Gasteiger partial charge on any atom is 0.188 e. The molecule has 42 heavy (non-hydrogen) atoms. The Morgan fingerprint density at radius 1 is 0.548 bits per heavy atom. The number of hydrogen-bond donors (Lipinski definition) is 2. The van der Waals surface area contributed by atoms with Gasteiger partial charge in [0.1, 0.15) is 12.2 Å². The van der Waals surface area contributed by atoms with Crippen LogP contribution in [0.1, 0.15) is 69.2 Å². The molecule has 0 radical (unpaired) electrons. The quantitative estimate of drug-likeness (QED) is 0.261. The SMILES string of the molecule is CC1=C(/C=C/C(C)=C/C=C/C(C)=C/C=C/C=C(C)/C=C/C=C(C)/C=C/C2=C(C)C(=O)[C@H](O)C2(C)C)C(C)(C)[C@@H](O)C1=O. The highest BCUT2D eigenvalue weighted by Gasteiger charge is 2.44. The summed E-state index contributed by atoms with van der Waals surface area (Å²) in [6.45, 7) is 19.2. The molecule has 0 saturated carbocycles. The summed E-state index contributed by atoms with van der Waals surface area (Å²) in [5, 5.41) is 20.4. The van der Waals surface area contributed by atoms with Crippen molar-refractivity contribution in [1.82, 2.24) is 0 Å². The summed E-state index contributed by atoms with van der Waals surface area (Å²) >= 11 is 0. The smallest absolute Gasteiger partial charge is 0.188 e. The van der Waals surface area contributed by atoms with Crippen LogP contribution in [-0.4, -0.2) is 34.0 Å². The monoisotopic (exact) mass is 568 g/mol. The Labute approximate surface area is 253 Å². The third-order valence-electron chi connectivity index (χ3n) is 8.09. The van der Waals surface area contributed by atoms with Crippen molar-refractivity contribution in [1.29, 1.82) is 0 Å². The standard InChI is InChI=1S/C38H48O4/c1-25(17-13-19-27(3)21-23-31-29(5)33(39)35(41)37(31,7)8)15-11-12-16-26(2)18-14-20-28(4)22-24-32-30(6)34(40)36(42)38(32,9)10/h11-24,35-36,41-42H,1-10H3/b12-11+,17-13+,18-14+,23-21+,24-22+,25-15+,26-16+,27-19+,28-20+/t35-,36-/m0/s1. The second-order valence-corrected chi connectivity index (χ2v) is 12.5. The zero-order chi connectivity index (χ0) is 31.8. The van der Waals surface area contributed by atoms with Crippen LogP contribution in [0, 0.1) is 10.8 Å². The summed E-state index contributed by atoms with van der Waals surface area (Å²) in [5.74, 6) is -0.378. The molecule has 2 rings (SSSR count). The third kappa shape index (κ3) is 8.47.